The first-order valence-corrected chi connectivity index (χ1v) is 10.3. The quantitative estimate of drug-likeness (QED) is 0.633. The average molecular weight is 381 g/mol. The Hall–Kier alpha value is -2.31. The average Bonchev–Trinajstić information content (AvgIpc) is 3.06. The first kappa shape index (κ1) is 18.1. The number of piperazine rings is 1. The van der Waals surface area contributed by atoms with Crippen LogP contribution in [0.2, 0.25) is 0 Å². The van der Waals surface area contributed by atoms with Crippen LogP contribution in [0, 0.1) is 6.92 Å². The Morgan fingerprint density at radius 2 is 1.89 bits per heavy atom. The summed E-state index contributed by atoms with van der Waals surface area (Å²) in [7, 11) is 0. The predicted octanol–water partition coefficient (Wildman–Crippen LogP) is 3.62. The third-order valence-corrected chi connectivity index (χ3v) is 6.75. The van der Waals surface area contributed by atoms with Gasteiger partial charge in [-0.05, 0) is 24.5 Å². The van der Waals surface area contributed by atoms with Gasteiger partial charge in [0.15, 0.2) is 0 Å². The van der Waals surface area contributed by atoms with E-state index < -0.39 is 0 Å². The molecule has 140 valence electrons. The Balaban J connectivity index is 1.55. The molecule has 0 N–H and O–H groups in total. The topological polar surface area (TPSA) is 49.3 Å². The van der Waals surface area contributed by atoms with Crippen molar-refractivity contribution in [3.05, 3.63) is 52.7 Å². The molecule has 1 unspecified atom stereocenters. The number of aldehydes is 1. The molecule has 0 saturated carbocycles. The second-order valence-electron chi connectivity index (χ2n) is 6.90. The van der Waals surface area contributed by atoms with Crippen molar-refractivity contribution in [2.45, 2.75) is 26.3 Å². The van der Waals surface area contributed by atoms with Crippen LogP contribution in [0.15, 0.2) is 36.7 Å². The van der Waals surface area contributed by atoms with Crippen LogP contribution in [0.1, 0.15) is 29.0 Å². The zero-order chi connectivity index (χ0) is 18.8. The number of aromatic nitrogens is 2. The van der Waals surface area contributed by atoms with Gasteiger partial charge in [0.2, 0.25) is 0 Å². The van der Waals surface area contributed by atoms with E-state index in [1.165, 1.54) is 15.8 Å². The normalized spacial score (nSPS) is 16.6. The third-order valence-electron chi connectivity index (χ3n) is 5.40. The largest absolute Gasteiger partial charge is 0.353 e. The molecule has 2 aromatic heterocycles. The molecular formula is C21H24N4OS. The van der Waals surface area contributed by atoms with Crippen molar-refractivity contribution in [3.63, 3.8) is 0 Å². The number of fused-ring (bicyclic) bond motifs is 1. The molecule has 1 aliphatic heterocycles. The molecule has 0 bridgehead atoms. The summed E-state index contributed by atoms with van der Waals surface area (Å²) in [6.45, 7) is 7.77. The van der Waals surface area contributed by atoms with Crippen LogP contribution in [0.5, 0.6) is 0 Å². The Kier molecular flexibility index (Phi) is 5.18. The van der Waals surface area contributed by atoms with Crippen LogP contribution in [0.4, 0.5) is 5.82 Å². The van der Waals surface area contributed by atoms with E-state index >= 15 is 0 Å². The van der Waals surface area contributed by atoms with Crippen molar-refractivity contribution in [1.29, 1.82) is 0 Å². The summed E-state index contributed by atoms with van der Waals surface area (Å²) in [6.07, 6.45) is 3.76. The molecule has 1 saturated heterocycles. The zero-order valence-electron chi connectivity index (χ0n) is 15.8. The van der Waals surface area contributed by atoms with Crippen LogP contribution in [-0.4, -0.2) is 47.3 Å². The van der Waals surface area contributed by atoms with Crippen molar-refractivity contribution in [2.24, 2.45) is 0 Å². The smallest absolute Gasteiger partial charge is 0.141 e. The van der Waals surface area contributed by atoms with Crippen LogP contribution < -0.4 is 4.90 Å². The lowest BCUT2D eigenvalue weighted by Crippen LogP contribution is -2.48. The van der Waals surface area contributed by atoms with Gasteiger partial charge in [-0.15, -0.1) is 11.3 Å². The highest BCUT2D eigenvalue weighted by molar-refractivity contribution is 7.18. The third kappa shape index (κ3) is 3.35. The summed E-state index contributed by atoms with van der Waals surface area (Å²) >= 11 is 1.77. The molecule has 3 heterocycles. The molecule has 6 heteroatoms. The lowest BCUT2D eigenvalue weighted by Gasteiger charge is -2.38. The van der Waals surface area contributed by atoms with E-state index in [-0.39, 0.29) is 6.04 Å². The molecule has 1 fully saturated rings. The van der Waals surface area contributed by atoms with E-state index in [1.807, 2.05) is 30.3 Å². The molecule has 0 radical (unpaired) electrons. The summed E-state index contributed by atoms with van der Waals surface area (Å²) in [5, 5.41) is 1.20. The molecule has 0 spiro atoms. The van der Waals surface area contributed by atoms with Crippen molar-refractivity contribution < 1.29 is 4.79 Å². The Labute approximate surface area is 163 Å². The number of nitrogens with zero attached hydrogens (tertiary/aromatic N) is 4. The van der Waals surface area contributed by atoms with Crippen LogP contribution >= 0.6 is 11.3 Å². The van der Waals surface area contributed by atoms with Crippen molar-refractivity contribution in [1.82, 2.24) is 14.9 Å². The highest BCUT2D eigenvalue weighted by Crippen LogP contribution is 2.35. The van der Waals surface area contributed by atoms with E-state index in [2.05, 4.69) is 33.6 Å². The van der Waals surface area contributed by atoms with Gasteiger partial charge in [0.05, 0.1) is 11.4 Å². The minimum atomic E-state index is -0.173. The monoisotopic (exact) mass is 380 g/mol. The predicted molar refractivity (Wildman–Crippen MR) is 111 cm³/mol. The number of benzene rings is 1. The number of aryl methyl sites for hydroxylation is 2. The maximum absolute atomic E-state index is 11.7. The van der Waals surface area contributed by atoms with Gasteiger partial charge in [-0.1, -0.05) is 37.3 Å². The van der Waals surface area contributed by atoms with E-state index in [9.17, 15) is 4.79 Å². The fraction of sp³-hybridized carbons (Fsp3) is 0.381. The number of anilines is 1. The summed E-state index contributed by atoms with van der Waals surface area (Å²) in [6, 6.07) is 9.85. The molecule has 4 rings (SSSR count). The number of hydrogen-bond acceptors (Lipinski definition) is 6. The van der Waals surface area contributed by atoms with Gasteiger partial charge in [0, 0.05) is 31.1 Å². The molecule has 3 aromatic rings. The van der Waals surface area contributed by atoms with Gasteiger partial charge in [0.1, 0.15) is 23.3 Å². The van der Waals surface area contributed by atoms with Crippen LogP contribution in [-0.2, 0) is 11.2 Å². The van der Waals surface area contributed by atoms with Gasteiger partial charge >= 0.3 is 0 Å². The van der Waals surface area contributed by atoms with Crippen LogP contribution in [0.3, 0.4) is 0 Å². The molecule has 1 aliphatic rings. The SMILES string of the molecule is CCc1sc2ncnc(N3CCN(C(C=O)c4ccccc4)CC3)c2c1C. The number of hydrogen-bond donors (Lipinski definition) is 0. The Morgan fingerprint density at radius 3 is 2.56 bits per heavy atom. The minimum Gasteiger partial charge on any atom is -0.353 e. The first-order chi connectivity index (χ1) is 13.2. The van der Waals surface area contributed by atoms with Gasteiger partial charge in [0.25, 0.3) is 0 Å². The van der Waals surface area contributed by atoms with E-state index in [0.29, 0.717) is 0 Å². The maximum Gasteiger partial charge on any atom is 0.141 e. The maximum atomic E-state index is 11.7. The van der Waals surface area contributed by atoms with Crippen molar-refractivity contribution in [3.8, 4) is 0 Å². The Bertz CT molecular complexity index is 932. The summed E-state index contributed by atoms with van der Waals surface area (Å²) in [4.78, 5) is 27.9. The zero-order valence-corrected chi connectivity index (χ0v) is 16.6. The second kappa shape index (κ2) is 7.74. The minimum absolute atomic E-state index is 0.173. The Morgan fingerprint density at radius 1 is 1.15 bits per heavy atom. The highest BCUT2D eigenvalue weighted by atomic mass is 32.1. The number of rotatable bonds is 5. The number of thiophene rings is 1. The van der Waals surface area contributed by atoms with E-state index in [1.54, 1.807) is 17.7 Å². The standard InChI is InChI=1S/C21H24N4OS/c1-3-18-15(2)19-20(22-14-23-21(19)27-18)25-11-9-24(10-12-25)17(13-26)16-7-5-4-6-8-16/h4-8,13-14,17H,3,9-12H2,1-2H3. The van der Waals surface area contributed by atoms with Crippen molar-refractivity contribution in [2.75, 3.05) is 31.1 Å². The second-order valence-corrected chi connectivity index (χ2v) is 7.98. The van der Waals surface area contributed by atoms with Gasteiger partial charge in [-0.25, -0.2) is 9.97 Å². The lowest BCUT2D eigenvalue weighted by molar-refractivity contribution is -0.112. The molecule has 27 heavy (non-hydrogen) atoms. The number of carbonyl (C=O) groups excluding carboxylic acids is 1. The van der Waals surface area contributed by atoms with Crippen molar-refractivity contribution >= 4 is 33.7 Å². The summed E-state index contributed by atoms with van der Waals surface area (Å²) in [5.41, 5.74) is 2.37. The van der Waals surface area contributed by atoms with Gasteiger partial charge in [-0.2, -0.15) is 0 Å². The molecule has 1 atom stereocenters. The lowest BCUT2D eigenvalue weighted by atomic mass is 10.1. The summed E-state index contributed by atoms with van der Waals surface area (Å²) in [5.74, 6) is 1.04. The fourth-order valence-electron chi connectivity index (χ4n) is 3.91. The van der Waals surface area contributed by atoms with Gasteiger partial charge in [-0.3, -0.25) is 4.90 Å². The van der Waals surface area contributed by atoms with E-state index in [0.717, 1.165) is 55.1 Å². The summed E-state index contributed by atoms with van der Waals surface area (Å²) < 4.78 is 0. The van der Waals surface area contributed by atoms with E-state index in [4.69, 9.17) is 0 Å². The first-order valence-electron chi connectivity index (χ1n) is 9.45. The van der Waals surface area contributed by atoms with Gasteiger partial charge < -0.3 is 9.69 Å². The molecule has 0 amide bonds. The molecule has 0 aliphatic carbocycles. The highest BCUT2D eigenvalue weighted by Gasteiger charge is 2.27. The van der Waals surface area contributed by atoms with Crippen LogP contribution in [0.25, 0.3) is 10.2 Å². The molecular weight excluding hydrogens is 356 g/mol. The number of carbonyl (C=O) groups is 1. The fourth-order valence-corrected chi connectivity index (χ4v) is 4.99. The molecule has 1 aromatic carbocycles. The molecule has 5 nitrogen and oxygen atoms in total.